The molecule has 0 saturated carbocycles. The SMILES string of the molecule is CC(C)C(=O)Nc1ccc(C(=O)COC(=O)/C=C/c2ccc(F)c(Cl)c2)cc1. The quantitative estimate of drug-likeness (QED) is 0.419. The van der Waals surface area contributed by atoms with Crippen LogP contribution in [0, 0.1) is 11.7 Å². The summed E-state index contributed by atoms with van der Waals surface area (Å²) >= 11 is 5.66. The first-order chi connectivity index (χ1) is 13.3. The highest BCUT2D eigenvalue weighted by atomic mass is 35.5. The lowest BCUT2D eigenvalue weighted by Gasteiger charge is -2.08. The van der Waals surface area contributed by atoms with Crippen LogP contribution in [-0.2, 0) is 14.3 Å². The van der Waals surface area contributed by atoms with Crippen molar-refractivity contribution in [1.82, 2.24) is 0 Å². The highest BCUT2D eigenvalue weighted by Crippen LogP contribution is 2.17. The number of carbonyl (C=O) groups is 3. The molecule has 0 unspecified atom stereocenters. The van der Waals surface area contributed by atoms with Crippen molar-refractivity contribution in [1.29, 1.82) is 0 Å². The van der Waals surface area contributed by atoms with Crippen LogP contribution in [0.1, 0.15) is 29.8 Å². The Labute approximate surface area is 167 Å². The number of benzene rings is 2. The third kappa shape index (κ3) is 6.32. The number of amides is 1. The molecule has 0 aliphatic heterocycles. The molecule has 146 valence electrons. The van der Waals surface area contributed by atoms with Gasteiger partial charge in [-0.05, 0) is 48.0 Å². The Morgan fingerprint density at radius 3 is 2.43 bits per heavy atom. The van der Waals surface area contributed by atoms with E-state index in [-0.39, 0.29) is 22.6 Å². The maximum absolute atomic E-state index is 13.1. The summed E-state index contributed by atoms with van der Waals surface area (Å²) in [5, 5.41) is 2.66. The van der Waals surface area contributed by atoms with Gasteiger partial charge in [-0.25, -0.2) is 9.18 Å². The zero-order chi connectivity index (χ0) is 20.7. The molecular formula is C21H19ClFNO4. The van der Waals surface area contributed by atoms with Gasteiger partial charge in [0.25, 0.3) is 0 Å². The molecule has 0 spiro atoms. The van der Waals surface area contributed by atoms with Crippen LogP contribution in [0.15, 0.2) is 48.5 Å². The molecule has 0 atom stereocenters. The number of anilines is 1. The second-order valence-corrected chi connectivity index (χ2v) is 6.67. The first-order valence-corrected chi connectivity index (χ1v) is 8.88. The fraction of sp³-hybridized carbons (Fsp3) is 0.190. The summed E-state index contributed by atoms with van der Waals surface area (Å²) in [6, 6.07) is 10.3. The normalized spacial score (nSPS) is 10.9. The van der Waals surface area contributed by atoms with Crippen molar-refractivity contribution in [3.8, 4) is 0 Å². The van der Waals surface area contributed by atoms with Gasteiger partial charge >= 0.3 is 5.97 Å². The largest absolute Gasteiger partial charge is 0.454 e. The van der Waals surface area contributed by atoms with E-state index in [2.05, 4.69) is 5.32 Å². The number of hydrogen-bond acceptors (Lipinski definition) is 4. The third-order valence-corrected chi connectivity index (χ3v) is 3.99. The van der Waals surface area contributed by atoms with Crippen molar-refractivity contribution >= 4 is 41.0 Å². The van der Waals surface area contributed by atoms with E-state index >= 15 is 0 Å². The first kappa shape index (κ1) is 21.3. The summed E-state index contributed by atoms with van der Waals surface area (Å²) < 4.78 is 18.0. The number of carbonyl (C=O) groups excluding carboxylic acids is 3. The molecule has 0 fully saturated rings. The standard InChI is InChI=1S/C21H19ClFNO4/c1-13(2)21(27)24-16-7-5-15(6-8-16)19(25)12-28-20(26)10-4-14-3-9-18(23)17(22)11-14/h3-11,13H,12H2,1-2H3,(H,24,27)/b10-4+. The van der Waals surface area contributed by atoms with Gasteiger partial charge in [0.05, 0.1) is 5.02 Å². The number of halogens is 2. The number of ketones is 1. The minimum absolute atomic E-state index is 0.0567. The summed E-state index contributed by atoms with van der Waals surface area (Å²) in [6.45, 7) is 3.13. The molecule has 0 aromatic heterocycles. The van der Waals surface area contributed by atoms with E-state index in [1.54, 1.807) is 38.1 Å². The van der Waals surface area contributed by atoms with Gasteiger partial charge in [-0.3, -0.25) is 9.59 Å². The maximum atomic E-state index is 13.1. The van der Waals surface area contributed by atoms with Crippen LogP contribution >= 0.6 is 11.6 Å². The van der Waals surface area contributed by atoms with Gasteiger partial charge in [0, 0.05) is 23.2 Å². The highest BCUT2D eigenvalue weighted by Gasteiger charge is 2.10. The van der Waals surface area contributed by atoms with Gasteiger partial charge in [-0.15, -0.1) is 0 Å². The van der Waals surface area contributed by atoms with Crippen LogP contribution < -0.4 is 5.32 Å². The first-order valence-electron chi connectivity index (χ1n) is 8.50. The number of Topliss-reactive ketones (excluding diaryl/α,β-unsaturated/α-hetero) is 1. The van der Waals surface area contributed by atoms with E-state index in [0.717, 1.165) is 6.08 Å². The van der Waals surface area contributed by atoms with Gasteiger partial charge in [-0.2, -0.15) is 0 Å². The lowest BCUT2D eigenvalue weighted by molar-refractivity contribution is -0.136. The summed E-state index contributed by atoms with van der Waals surface area (Å²) in [5.41, 5.74) is 1.45. The third-order valence-electron chi connectivity index (χ3n) is 3.70. The van der Waals surface area contributed by atoms with E-state index in [1.807, 2.05) is 0 Å². The summed E-state index contributed by atoms with van der Waals surface area (Å²) in [7, 11) is 0. The summed E-state index contributed by atoms with van der Waals surface area (Å²) in [6.07, 6.45) is 2.53. The van der Waals surface area contributed by atoms with Gasteiger partial charge in [0.1, 0.15) is 5.82 Å². The summed E-state index contributed by atoms with van der Waals surface area (Å²) in [5.74, 6) is -1.92. The molecule has 0 saturated heterocycles. The second kappa shape index (κ2) is 9.80. The molecule has 28 heavy (non-hydrogen) atoms. The lowest BCUT2D eigenvalue weighted by atomic mass is 10.1. The monoisotopic (exact) mass is 403 g/mol. The van der Waals surface area contributed by atoms with E-state index < -0.39 is 18.4 Å². The molecule has 1 N–H and O–H groups in total. The Kier molecular flexibility index (Phi) is 7.46. The number of hydrogen-bond donors (Lipinski definition) is 1. The van der Waals surface area contributed by atoms with Crippen molar-refractivity contribution in [2.24, 2.45) is 5.92 Å². The Hall–Kier alpha value is -2.99. The Morgan fingerprint density at radius 2 is 1.82 bits per heavy atom. The predicted molar refractivity (Wildman–Crippen MR) is 106 cm³/mol. The fourth-order valence-corrected chi connectivity index (χ4v) is 2.26. The Balaban J connectivity index is 1.87. The van der Waals surface area contributed by atoms with Crippen molar-refractivity contribution in [3.05, 3.63) is 70.5 Å². The average molecular weight is 404 g/mol. The van der Waals surface area contributed by atoms with Crippen LogP contribution in [0.3, 0.4) is 0 Å². The van der Waals surface area contributed by atoms with E-state index in [0.29, 0.717) is 16.8 Å². The van der Waals surface area contributed by atoms with E-state index in [4.69, 9.17) is 16.3 Å². The van der Waals surface area contributed by atoms with Gasteiger partial charge in [0.15, 0.2) is 12.4 Å². The summed E-state index contributed by atoms with van der Waals surface area (Å²) in [4.78, 5) is 35.5. The molecule has 0 bridgehead atoms. The van der Waals surface area contributed by atoms with Crippen molar-refractivity contribution in [2.75, 3.05) is 11.9 Å². The Morgan fingerprint density at radius 1 is 1.14 bits per heavy atom. The molecule has 2 aromatic carbocycles. The molecule has 7 heteroatoms. The minimum atomic E-state index is -0.713. The number of rotatable bonds is 7. The average Bonchev–Trinajstić information content (AvgIpc) is 2.67. The molecule has 0 aliphatic rings. The van der Waals surface area contributed by atoms with Gasteiger partial charge in [0.2, 0.25) is 5.91 Å². The van der Waals surface area contributed by atoms with Crippen LogP contribution in [0.25, 0.3) is 6.08 Å². The molecular weight excluding hydrogens is 385 g/mol. The topological polar surface area (TPSA) is 72.5 Å². The Bertz CT molecular complexity index is 907. The fourth-order valence-electron chi connectivity index (χ4n) is 2.07. The number of ether oxygens (including phenoxy) is 1. The highest BCUT2D eigenvalue weighted by molar-refractivity contribution is 6.30. The maximum Gasteiger partial charge on any atom is 0.331 e. The molecule has 1 amide bonds. The van der Waals surface area contributed by atoms with Crippen LogP contribution in [-0.4, -0.2) is 24.3 Å². The van der Waals surface area contributed by atoms with Crippen molar-refractivity contribution < 1.29 is 23.5 Å². The van der Waals surface area contributed by atoms with Crippen LogP contribution in [0.2, 0.25) is 5.02 Å². The van der Waals surface area contributed by atoms with Crippen molar-refractivity contribution in [2.45, 2.75) is 13.8 Å². The van der Waals surface area contributed by atoms with Crippen LogP contribution in [0.4, 0.5) is 10.1 Å². The zero-order valence-corrected chi connectivity index (χ0v) is 16.1. The lowest BCUT2D eigenvalue weighted by Crippen LogP contribution is -2.18. The minimum Gasteiger partial charge on any atom is -0.454 e. The number of nitrogens with one attached hydrogen (secondary N) is 1. The molecule has 0 heterocycles. The van der Waals surface area contributed by atoms with Gasteiger partial charge in [-0.1, -0.05) is 31.5 Å². The predicted octanol–water partition coefficient (Wildman–Crippen LogP) is 4.51. The smallest absolute Gasteiger partial charge is 0.331 e. The zero-order valence-electron chi connectivity index (χ0n) is 15.4. The van der Waals surface area contributed by atoms with Crippen LogP contribution in [0.5, 0.6) is 0 Å². The molecule has 2 aromatic rings. The number of esters is 1. The molecule has 5 nitrogen and oxygen atoms in total. The molecule has 0 radical (unpaired) electrons. The molecule has 2 rings (SSSR count). The van der Waals surface area contributed by atoms with E-state index in [9.17, 15) is 18.8 Å². The van der Waals surface area contributed by atoms with Gasteiger partial charge < -0.3 is 10.1 Å². The van der Waals surface area contributed by atoms with Crippen molar-refractivity contribution in [3.63, 3.8) is 0 Å². The second-order valence-electron chi connectivity index (χ2n) is 6.26. The molecule has 0 aliphatic carbocycles. The van der Waals surface area contributed by atoms with E-state index in [1.165, 1.54) is 24.3 Å².